The van der Waals surface area contributed by atoms with Gasteiger partial charge < -0.3 is 10.5 Å². The summed E-state index contributed by atoms with van der Waals surface area (Å²) in [6, 6.07) is 6.17. The molecule has 0 saturated carbocycles. The van der Waals surface area contributed by atoms with Gasteiger partial charge in [0.15, 0.2) is 0 Å². The third kappa shape index (κ3) is 2.39. The summed E-state index contributed by atoms with van der Waals surface area (Å²) in [5, 5.41) is 0. The highest BCUT2D eigenvalue weighted by Crippen LogP contribution is 2.36. The van der Waals surface area contributed by atoms with E-state index in [1.807, 2.05) is 0 Å². The molecule has 1 aromatic heterocycles. The van der Waals surface area contributed by atoms with Crippen molar-refractivity contribution in [2.75, 3.05) is 12.8 Å². The Balaban J connectivity index is 2.52. The number of carbonyl (C=O) groups excluding carboxylic acids is 1. The number of anilines is 1. The SMILES string of the molecule is COC(=O)c1sc(-c2cc(Br)ccc2F)cc1N. The van der Waals surface area contributed by atoms with Crippen LogP contribution in [0.15, 0.2) is 28.7 Å². The van der Waals surface area contributed by atoms with Crippen molar-refractivity contribution < 1.29 is 13.9 Å². The van der Waals surface area contributed by atoms with E-state index in [1.54, 1.807) is 18.2 Å². The standard InChI is InChI=1S/C12H9BrFNO2S/c1-17-12(16)11-9(15)5-10(18-11)7-4-6(13)2-3-8(7)14/h2-5H,15H2,1H3. The fourth-order valence-corrected chi connectivity index (χ4v) is 2.85. The van der Waals surface area contributed by atoms with Crippen LogP contribution in [-0.4, -0.2) is 13.1 Å². The highest BCUT2D eigenvalue weighted by atomic mass is 79.9. The summed E-state index contributed by atoms with van der Waals surface area (Å²) < 4.78 is 19.1. The number of benzene rings is 1. The Morgan fingerprint density at radius 2 is 2.17 bits per heavy atom. The average molecular weight is 330 g/mol. The van der Waals surface area contributed by atoms with Crippen molar-refractivity contribution in [1.82, 2.24) is 0 Å². The first-order valence-electron chi connectivity index (χ1n) is 4.96. The van der Waals surface area contributed by atoms with Crippen LogP contribution in [-0.2, 0) is 4.74 Å². The van der Waals surface area contributed by atoms with Crippen LogP contribution in [0, 0.1) is 5.82 Å². The number of carbonyl (C=O) groups is 1. The van der Waals surface area contributed by atoms with Crippen molar-refractivity contribution in [3.8, 4) is 10.4 Å². The quantitative estimate of drug-likeness (QED) is 0.855. The molecule has 18 heavy (non-hydrogen) atoms. The van der Waals surface area contributed by atoms with Crippen molar-refractivity contribution in [2.45, 2.75) is 0 Å². The fraction of sp³-hybridized carbons (Fsp3) is 0.0833. The summed E-state index contributed by atoms with van der Waals surface area (Å²) >= 11 is 4.38. The first-order valence-corrected chi connectivity index (χ1v) is 6.57. The number of nitrogen functional groups attached to an aromatic ring is 1. The van der Waals surface area contributed by atoms with Gasteiger partial charge in [-0.05, 0) is 24.3 Å². The van der Waals surface area contributed by atoms with E-state index in [-0.39, 0.29) is 10.7 Å². The zero-order valence-electron chi connectivity index (χ0n) is 9.37. The summed E-state index contributed by atoms with van der Waals surface area (Å²) in [6.45, 7) is 0. The lowest BCUT2D eigenvalue weighted by Gasteiger charge is -2.00. The lowest BCUT2D eigenvalue weighted by atomic mass is 10.2. The van der Waals surface area contributed by atoms with Gasteiger partial charge in [0.1, 0.15) is 10.7 Å². The van der Waals surface area contributed by atoms with Gasteiger partial charge in [0.25, 0.3) is 0 Å². The fourth-order valence-electron chi connectivity index (χ4n) is 1.48. The molecule has 3 nitrogen and oxygen atoms in total. The number of hydrogen-bond acceptors (Lipinski definition) is 4. The van der Waals surface area contributed by atoms with E-state index in [2.05, 4.69) is 20.7 Å². The highest BCUT2D eigenvalue weighted by Gasteiger charge is 2.17. The van der Waals surface area contributed by atoms with E-state index in [1.165, 1.54) is 13.2 Å². The van der Waals surface area contributed by atoms with Crippen LogP contribution >= 0.6 is 27.3 Å². The molecule has 0 bridgehead atoms. The molecule has 0 aliphatic carbocycles. The van der Waals surface area contributed by atoms with Gasteiger partial charge in [0.05, 0.1) is 12.8 Å². The van der Waals surface area contributed by atoms with Crippen molar-refractivity contribution >= 4 is 38.9 Å². The monoisotopic (exact) mass is 329 g/mol. The van der Waals surface area contributed by atoms with Crippen molar-refractivity contribution in [1.29, 1.82) is 0 Å². The van der Waals surface area contributed by atoms with Crippen LogP contribution in [0.4, 0.5) is 10.1 Å². The topological polar surface area (TPSA) is 52.3 Å². The van der Waals surface area contributed by atoms with Gasteiger partial charge in [-0.2, -0.15) is 0 Å². The Bertz CT molecular complexity index is 612. The molecule has 2 aromatic rings. The summed E-state index contributed by atoms with van der Waals surface area (Å²) in [4.78, 5) is 12.3. The summed E-state index contributed by atoms with van der Waals surface area (Å²) in [5.41, 5.74) is 6.41. The number of esters is 1. The molecule has 0 aliphatic rings. The predicted octanol–water partition coefficient (Wildman–Crippen LogP) is 3.69. The first kappa shape index (κ1) is 13.0. The maximum atomic E-state index is 13.7. The van der Waals surface area contributed by atoms with E-state index >= 15 is 0 Å². The van der Waals surface area contributed by atoms with Crippen LogP contribution < -0.4 is 5.73 Å². The average Bonchev–Trinajstić information content (AvgIpc) is 2.73. The van der Waals surface area contributed by atoms with Gasteiger partial charge in [0.2, 0.25) is 0 Å². The van der Waals surface area contributed by atoms with Crippen molar-refractivity contribution in [3.63, 3.8) is 0 Å². The lowest BCUT2D eigenvalue weighted by molar-refractivity contribution is 0.0607. The number of hydrogen-bond donors (Lipinski definition) is 1. The predicted molar refractivity (Wildman–Crippen MR) is 73.2 cm³/mol. The third-order valence-electron chi connectivity index (χ3n) is 2.33. The number of nitrogens with two attached hydrogens (primary N) is 1. The second kappa shape index (κ2) is 5.07. The van der Waals surface area contributed by atoms with Crippen molar-refractivity contribution in [3.05, 3.63) is 39.4 Å². The molecule has 0 spiro atoms. The molecule has 0 aliphatic heterocycles. The zero-order chi connectivity index (χ0) is 13.3. The van der Waals surface area contributed by atoms with Gasteiger partial charge in [-0.1, -0.05) is 15.9 Å². The van der Waals surface area contributed by atoms with Gasteiger partial charge in [0, 0.05) is 14.9 Å². The van der Waals surface area contributed by atoms with Gasteiger partial charge in [-0.25, -0.2) is 9.18 Å². The molecule has 1 heterocycles. The second-order valence-electron chi connectivity index (χ2n) is 3.51. The van der Waals surface area contributed by atoms with E-state index in [9.17, 15) is 9.18 Å². The van der Waals surface area contributed by atoms with Crippen LogP contribution in [0.3, 0.4) is 0 Å². The Hall–Kier alpha value is -1.40. The molecule has 0 saturated heterocycles. The van der Waals surface area contributed by atoms with Crippen LogP contribution in [0.1, 0.15) is 9.67 Å². The number of ether oxygens (including phenoxy) is 1. The third-order valence-corrected chi connectivity index (χ3v) is 3.98. The molecule has 0 unspecified atom stereocenters. The number of methoxy groups -OCH3 is 1. The minimum atomic E-state index is -0.515. The normalized spacial score (nSPS) is 10.4. The highest BCUT2D eigenvalue weighted by molar-refractivity contribution is 9.10. The van der Waals surface area contributed by atoms with Gasteiger partial charge in [-0.3, -0.25) is 0 Å². The number of halogens is 2. The Morgan fingerprint density at radius 1 is 1.44 bits per heavy atom. The summed E-state index contributed by atoms with van der Waals surface area (Å²) in [7, 11) is 1.28. The minimum absolute atomic E-state index is 0.284. The number of rotatable bonds is 2. The zero-order valence-corrected chi connectivity index (χ0v) is 11.8. The van der Waals surface area contributed by atoms with E-state index < -0.39 is 5.97 Å². The largest absolute Gasteiger partial charge is 0.465 e. The molecule has 0 amide bonds. The van der Waals surface area contributed by atoms with Gasteiger partial charge in [-0.15, -0.1) is 11.3 Å². The maximum absolute atomic E-state index is 13.7. The molecule has 0 fully saturated rings. The van der Waals surface area contributed by atoms with Crippen molar-refractivity contribution in [2.24, 2.45) is 0 Å². The van der Waals surface area contributed by atoms with Crippen LogP contribution in [0.2, 0.25) is 0 Å². The van der Waals surface area contributed by atoms with Crippen LogP contribution in [0.5, 0.6) is 0 Å². The molecule has 94 valence electrons. The second-order valence-corrected chi connectivity index (χ2v) is 5.48. The molecule has 1 aromatic carbocycles. The molecule has 2 N–H and O–H groups in total. The molecule has 0 atom stereocenters. The molecule has 6 heteroatoms. The van der Waals surface area contributed by atoms with E-state index in [0.29, 0.717) is 16.1 Å². The molecule has 0 radical (unpaired) electrons. The molecular formula is C12H9BrFNO2S. The Labute approximate surface area is 116 Å². The molecule has 2 rings (SSSR count). The Morgan fingerprint density at radius 3 is 2.83 bits per heavy atom. The van der Waals surface area contributed by atoms with Gasteiger partial charge >= 0.3 is 5.97 Å². The maximum Gasteiger partial charge on any atom is 0.350 e. The summed E-state index contributed by atoms with van der Waals surface area (Å²) in [5.74, 6) is -0.880. The van der Waals surface area contributed by atoms with Crippen LogP contribution in [0.25, 0.3) is 10.4 Å². The number of thiophene rings is 1. The Kier molecular flexibility index (Phi) is 3.68. The first-order chi connectivity index (χ1) is 8.52. The smallest absolute Gasteiger partial charge is 0.350 e. The van der Waals surface area contributed by atoms with E-state index in [0.717, 1.165) is 15.8 Å². The summed E-state index contributed by atoms with van der Waals surface area (Å²) in [6.07, 6.45) is 0. The lowest BCUT2D eigenvalue weighted by Crippen LogP contribution is -2.00. The molecular weight excluding hydrogens is 321 g/mol. The van der Waals surface area contributed by atoms with E-state index in [4.69, 9.17) is 5.73 Å². The minimum Gasteiger partial charge on any atom is -0.465 e.